The van der Waals surface area contributed by atoms with E-state index in [0.717, 1.165) is 25.0 Å². The summed E-state index contributed by atoms with van der Waals surface area (Å²) < 4.78 is 5.65. The quantitative estimate of drug-likeness (QED) is 0.931. The number of carbonyl (C=O) groups is 2. The highest BCUT2D eigenvalue weighted by molar-refractivity contribution is 5.98. The van der Waals surface area contributed by atoms with Crippen molar-refractivity contribution < 1.29 is 19.1 Å². The number of hydrogen-bond donors (Lipinski definition) is 1. The lowest BCUT2D eigenvalue weighted by molar-refractivity contribution is -0.142. The van der Waals surface area contributed by atoms with Gasteiger partial charge >= 0.3 is 5.97 Å². The maximum atomic E-state index is 12.9. The van der Waals surface area contributed by atoms with E-state index in [9.17, 15) is 14.7 Å². The van der Waals surface area contributed by atoms with Crippen molar-refractivity contribution in [3.63, 3.8) is 0 Å². The maximum Gasteiger partial charge on any atom is 0.326 e. The smallest absolute Gasteiger partial charge is 0.326 e. The Balaban J connectivity index is 1.89. The van der Waals surface area contributed by atoms with Gasteiger partial charge in [0.2, 0.25) is 0 Å². The summed E-state index contributed by atoms with van der Waals surface area (Å²) in [5.74, 6) is 0.915. The molecule has 5 heteroatoms. The lowest BCUT2D eigenvalue weighted by atomic mass is 9.94. The highest BCUT2D eigenvalue weighted by atomic mass is 16.4. The van der Waals surface area contributed by atoms with Crippen LogP contribution in [0, 0.1) is 18.8 Å². The van der Waals surface area contributed by atoms with Crippen LogP contribution in [0.1, 0.15) is 60.9 Å². The molecule has 120 valence electrons. The van der Waals surface area contributed by atoms with Crippen molar-refractivity contribution in [3.8, 4) is 0 Å². The van der Waals surface area contributed by atoms with E-state index in [4.69, 9.17) is 4.42 Å². The molecule has 0 spiro atoms. The van der Waals surface area contributed by atoms with E-state index in [1.807, 2.05) is 13.8 Å². The van der Waals surface area contributed by atoms with Crippen LogP contribution in [-0.2, 0) is 4.79 Å². The van der Waals surface area contributed by atoms with E-state index in [1.165, 1.54) is 0 Å². The summed E-state index contributed by atoms with van der Waals surface area (Å²) in [4.78, 5) is 26.1. The summed E-state index contributed by atoms with van der Waals surface area (Å²) in [6, 6.07) is 1.09. The molecular formula is C17H23NO4. The molecule has 1 aromatic heterocycles. The Morgan fingerprint density at radius 1 is 1.36 bits per heavy atom. The minimum Gasteiger partial charge on any atom is -0.480 e. The van der Waals surface area contributed by atoms with Gasteiger partial charge in [-0.05, 0) is 37.7 Å². The molecule has 5 nitrogen and oxygen atoms in total. The largest absolute Gasteiger partial charge is 0.480 e. The first-order chi connectivity index (χ1) is 10.4. The zero-order chi connectivity index (χ0) is 16.0. The van der Waals surface area contributed by atoms with E-state index in [1.54, 1.807) is 17.9 Å². The maximum absolute atomic E-state index is 12.9. The SMILES string of the molecule is Cc1oc(C(C)C)cc1C(=O)N1C[C@@H]2CCC[C@@H]2[C@@H]1C(=O)O. The van der Waals surface area contributed by atoms with Crippen molar-refractivity contribution >= 4 is 11.9 Å². The topological polar surface area (TPSA) is 70.8 Å². The van der Waals surface area contributed by atoms with Gasteiger partial charge in [-0.3, -0.25) is 4.79 Å². The van der Waals surface area contributed by atoms with Gasteiger partial charge in [0.25, 0.3) is 5.91 Å². The van der Waals surface area contributed by atoms with Gasteiger partial charge in [-0.15, -0.1) is 0 Å². The Bertz CT molecular complexity index is 604. The van der Waals surface area contributed by atoms with Gasteiger partial charge in [-0.25, -0.2) is 4.79 Å². The van der Waals surface area contributed by atoms with E-state index < -0.39 is 12.0 Å². The molecule has 1 aliphatic carbocycles. The molecule has 1 saturated carbocycles. The van der Waals surface area contributed by atoms with Crippen LogP contribution < -0.4 is 0 Å². The lowest BCUT2D eigenvalue weighted by Crippen LogP contribution is -2.43. The summed E-state index contributed by atoms with van der Waals surface area (Å²) in [6.45, 7) is 6.34. The van der Waals surface area contributed by atoms with Crippen molar-refractivity contribution in [1.82, 2.24) is 4.90 Å². The van der Waals surface area contributed by atoms with Gasteiger partial charge in [0.05, 0.1) is 5.56 Å². The van der Waals surface area contributed by atoms with Gasteiger partial charge < -0.3 is 14.4 Å². The minimum atomic E-state index is -0.881. The fourth-order valence-corrected chi connectivity index (χ4v) is 3.99. The van der Waals surface area contributed by atoms with Crippen LogP contribution in [0.3, 0.4) is 0 Å². The first-order valence-corrected chi connectivity index (χ1v) is 8.04. The van der Waals surface area contributed by atoms with Gasteiger partial charge in [-0.2, -0.15) is 0 Å². The second kappa shape index (κ2) is 5.45. The van der Waals surface area contributed by atoms with Crippen molar-refractivity contribution in [3.05, 3.63) is 23.2 Å². The van der Waals surface area contributed by atoms with E-state index in [-0.39, 0.29) is 17.7 Å². The van der Waals surface area contributed by atoms with Crippen LogP contribution in [0.2, 0.25) is 0 Å². The highest BCUT2D eigenvalue weighted by Gasteiger charge is 2.50. The average molecular weight is 305 g/mol. The van der Waals surface area contributed by atoms with Gasteiger partial charge in [0.1, 0.15) is 17.6 Å². The number of carboxylic acids is 1. The summed E-state index contributed by atoms with van der Waals surface area (Å²) >= 11 is 0. The van der Waals surface area contributed by atoms with E-state index in [2.05, 4.69) is 0 Å². The summed E-state index contributed by atoms with van der Waals surface area (Å²) in [7, 11) is 0. The molecule has 3 rings (SSSR count). The number of carboxylic acid groups (broad SMARTS) is 1. The first-order valence-electron chi connectivity index (χ1n) is 8.04. The van der Waals surface area contributed by atoms with Gasteiger partial charge in [0.15, 0.2) is 0 Å². The number of carbonyl (C=O) groups excluding carboxylic acids is 1. The summed E-state index contributed by atoms with van der Waals surface area (Å²) in [6.07, 6.45) is 3.01. The molecule has 0 radical (unpaired) electrons. The predicted molar refractivity (Wildman–Crippen MR) is 80.8 cm³/mol. The number of likely N-dealkylation sites (tertiary alicyclic amines) is 1. The van der Waals surface area contributed by atoms with Gasteiger partial charge in [-0.1, -0.05) is 20.3 Å². The monoisotopic (exact) mass is 305 g/mol. The molecule has 0 aromatic carbocycles. The molecule has 2 aliphatic rings. The Morgan fingerprint density at radius 3 is 2.68 bits per heavy atom. The van der Waals surface area contributed by atoms with Crippen LogP contribution in [0.15, 0.2) is 10.5 Å². The molecule has 1 saturated heterocycles. The second-order valence-electron chi connectivity index (χ2n) is 6.87. The average Bonchev–Trinajstić information content (AvgIpc) is 3.09. The number of nitrogens with zero attached hydrogens (tertiary/aromatic N) is 1. The number of aryl methyl sites for hydroxylation is 1. The Morgan fingerprint density at radius 2 is 2.09 bits per heavy atom. The minimum absolute atomic E-state index is 0.109. The van der Waals surface area contributed by atoms with Crippen molar-refractivity contribution in [2.75, 3.05) is 6.54 Å². The Labute approximate surface area is 130 Å². The van der Waals surface area contributed by atoms with Crippen LogP contribution >= 0.6 is 0 Å². The third kappa shape index (κ3) is 2.32. The predicted octanol–water partition coefficient (Wildman–Crippen LogP) is 3.04. The number of aliphatic carboxylic acids is 1. The van der Waals surface area contributed by atoms with Crippen LogP contribution in [0.25, 0.3) is 0 Å². The molecule has 1 aliphatic heterocycles. The second-order valence-corrected chi connectivity index (χ2v) is 6.87. The molecule has 2 fully saturated rings. The van der Waals surface area contributed by atoms with Crippen LogP contribution in [0.4, 0.5) is 0 Å². The molecule has 1 amide bonds. The molecule has 22 heavy (non-hydrogen) atoms. The zero-order valence-corrected chi connectivity index (χ0v) is 13.3. The molecular weight excluding hydrogens is 282 g/mol. The Hall–Kier alpha value is -1.78. The molecule has 1 aromatic rings. The number of rotatable bonds is 3. The fourth-order valence-electron chi connectivity index (χ4n) is 3.99. The van der Waals surface area contributed by atoms with Crippen molar-refractivity contribution in [1.29, 1.82) is 0 Å². The normalized spacial score (nSPS) is 27.5. The Kier molecular flexibility index (Phi) is 3.75. The summed E-state index contributed by atoms with van der Waals surface area (Å²) in [5.41, 5.74) is 0.509. The number of hydrogen-bond acceptors (Lipinski definition) is 3. The number of fused-ring (bicyclic) bond motifs is 1. The van der Waals surface area contributed by atoms with Crippen molar-refractivity contribution in [2.45, 2.75) is 52.0 Å². The molecule has 3 atom stereocenters. The number of amides is 1. The highest BCUT2D eigenvalue weighted by Crippen LogP contribution is 2.43. The standard InChI is InChI=1S/C17H23NO4/c1-9(2)14-7-13(10(3)22-14)16(19)18-8-11-5-4-6-12(11)15(18)17(20)21/h7,9,11-12,15H,4-6,8H2,1-3H3,(H,20,21)/t11-,12-,15+/m0/s1. The zero-order valence-electron chi connectivity index (χ0n) is 13.3. The van der Waals surface area contributed by atoms with Crippen LogP contribution in [0.5, 0.6) is 0 Å². The van der Waals surface area contributed by atoms with Crippen LogP contribution in [-0.4, -0.2) is 34.5 Å². The first kappa shape index (κ1) is 15.1. The fraction of sp³-hybridized carbons (Fsp3) is 0.647. The molecule has 0 unspecified atom stereocenters. The summed E-state index contributed by atoms with van der Waals surface area (Å²) in [5, 5.41) is 9.57. The number of furan rings is 1. The molecule has 1 N–H and O–H groups in total. The van der Waals surface area contributed by atoms with E-state index >= 15 is 0 Å². The molecule has 2 heterocycles. The lowest BCUT2D eigenvalue weighted by Gasteiger charge is -2.24. The molecule has 0 bridgehead atoms. The van der Waals surface area contributed by atoms with Gasteiger partial charge in [0, 0.05) is 12.5 Å². The van der Waals surface area contributed by atoms with E-state index in [0.29, 0.717) is 23.8 Å². The third-order valence-corrected chi connectivity index (χ3v) is 5.14. The van der Waals surface area contributed by atoms with Crippen molar-refractivity contribution in [2.24, 2.45) is 11.8 Å². The third-order valence-electron chi connectivity index (χ3n) is 5.14.